The van der Waals surface area contributed by atoms with Crippen LogP contribution >= 0.6 is 0 Å². The lowest BCUT2D eigenvalue weighted by Gasteiger charge is -2.29. The maximum Gasteiger partial charge on any atom is 0.225 e. The SMILES string of the molecule is CC(C)CNc1cc(-c2cn[nH]c2[C@H]2CCN(C(=O)C3CCC3)C2)ccn1. The summed E-state index contributed by atoms with van der Waals surface area (Å²) < 4.78 is 0. The monoisotopic (exact) mass is 367 g/mol. The van der Waals surface area contributed by atoms with Gasteiger partial charge in [-0.05, 0) is 42.9 Å². The fraction of sp³-hybridized carbons (Fsp3) is 0.571. The van der Waals surface area contributed by atoms with E-state index in [1.807, 2.05) is 18.5 Å². The second kappa shape index (κ2) is 7.71. The van der Waals surface area contributed by atoms with Gasteiger partial charge in [0.05, 0.1) is 6.20 Å². The maximum absolute atomic E-state index is 12.6. The Morgan fingerprint density at radius 1 is 1.37 bits per heavy atom. The van der Waals surface area contributed by atoms with E-state index in [0.29, 0.717) is 17.7 Å². The highest BCUT2D eigenvalue weighted by molar-refractivity contribution is 5.80. The van der Waals surface area contributed by atoms with Crippen molar-refractivity contribution in [3.05, 3.63) is 30.2 Å². The summed E-state index contributed by atoms with van der Waals surface area (Å²) in [5.41, 5.74) is 3.37. The Kier molecular flexibility index (Phi) is 5.14. The lowest BCUT2D eigenvalue weighted by molar-refractivity contribution is -0.137. The molecule has 1 aliphatic heterocycles. The van der Waals surface area contributed by atoms with Crippen LogP contribution in [-0.4, -0.2) is 45.6 Å². The van der Waals surface area contributed by atoms with E-state index in [0.717, 1.165) is 61.5 Å². The number of hydrogen-bond acceptors (Lipinski definition) is 4. The van der Waals surface area contributed by atoms with Crippen molar-refractivity contribution >= 4 is 11.7 Å². The molecule has 2 fully saturated rings. The van der Waals surface area contributed by atoms with E-state index in [9.17, 15) is 4.79 Å². The molecule has 0 radical (unpaired) electrons. The number of amides is 1. The number of H-pyrrole nitrogens is 1. The van der Waals surface area contributed by atoms with Crippen LogP contribution in [0.4, 0.5) is 5.82 Å². The van der Waals surface area contributed by atoms with Gasteiger partial charge in [-0.15, -0.1) is 0 Å². The number of anilines is 1. The second-order valence-electron chi connectivity index (χ2n) is 8.30. The number of hydrogen-bond donors (Lipinski definition) is 2. The Bertz CT molecular complexity index is 795. The Hall–Kier alpha value is -2.37. The van der Waals surface area contributed by atoms with Gasteiger partial charge in [0.1, 0.15) is 5.82 Å². The Labute approximate surface area is 160 Å². The molecular weight excluding hydrogens is 338 g/mol. The molecule has 6 heteroatoms. The molecule has 144 valence electrons. The summed E-state index contributed by atoms with van der Waals surface area (Å²) in [5, 5.41) is 10.9. The molecule has 2 aromatic heterocycles. The summed E-state index contributed by atoms with van der Waals surface area (Å²) in [4.78, 5) is 19.0. The van der Waals surface area contributed by atoms with Gasteiger partial charge < -0.3 is 10.2 Å². The molecule has 4 rings (SSSR count). The number of pyridine rings is 1. The van der Waals surface area contributed by atoms with Crippen molar-refractivity contribution in [3.8, 4) is 11.1 Å². The molecule has 0 unspecified atom stereocenters. The molecule has 1 aliphatic carbocycles. The zero-order chi connectivity index (χ0) is 18.8. The summed E-state index contributed by atoms with van der Waals surface area (Å²) in [6.07, 6.45) is 8.07. The van der Waals surface area contributed by atoms with Crippen molar-refractivity contribution in [2.24, 2.45) is 11.8 Å². The Balaban J connectivity index is 1.48. The van der Waals surface area contributed by atoms with Gasteiger partial charge in [-0.2, -0.15) is 5.10 Å². The fourth-order valence-electron chi connectivity index (χ4n) is 3.95. The van der Waals surface area contributed by atoms with Gasteiger partial charge >= 0.3 is 0 Å². The minimum absolute atomic E-state index is 0.278. The molecule has 6 nitrogen and oxygen atoms in total. The van der Waals surface area contributed by atoms with E-state index in [1.54, 1.807) is 0 Å². The first-order valence-electron chi connectivity index (χ1n) is 10.1. The third-order valence-corrected chi connectivity index (χ3v) is 5.79. The van der Waals surface area contributed by atoms with Gasteiger partial charge in [0.15, 0.2) is 0 Å². The summed E-state index contributed by atoms with van der Waals surface area (Å²) in [5.74, 6) is 2.42. The third kappa shape index (κ3) is 3.84. The molecule has 0 aromatic carbocycles. The first kappa shape index (κ1) is 18.0. The fourth-order valence-corrected chi connectivity index (χ4v) is 3.95. The average molecular weight is 367 g/mol. The van der Waals surface area contributed by atoms with Crippen LogP contribution in [0, 0.1) is 11.8 Å². The highest BCUT2D eigenvalue weighted by Gasteiger charge is 2.35. The largest absolute Gasteiger partial charge is 0.370 e. The van der Waals surface area contributed by atoms with Gasteiger partial charge in [0.25, 0.3) is 0 Å². The van der Waals surface area contributed by atoms with Crippen LogP contribution in [0.25, 0.3) is 11.1 Å². The van der Waals surface area contributed by atoms with Crippen molar-refractivity contribution in [3.63, 3.8) is 0 Å². The third-order valence-electron chi connectivity index (χ3n) is 5.79. The number of nitrogens with one attached hydrogen (secondary N) is 2. The molecule has 2 N–H and O–H groups in total. The highest BCUT2D eigenvalue weighted by atomic mass is 16.2. The number of carbonyl (C=O) groups excluding carboxylic acids is 1. The predicted molar refractivity (Wildman–Crippen MR) is 106 cm³/mol. The minimum Gasteiger partial charge on any atom is -0.370 e. The molecule has 27 heavy (non-hydrogen) atoms. The van der Waals surface area contributed by atoms with E-state index >= 15 is 0 Å². The van der Waals surface area contributed by atoms with Crippen LogP contribution in [0.15, 0.2) is 24.5 Å². The van der Waals surface area contributed by atoms with Crippen LogP contribution in [0.5, 0.6) is 0 Å². The summed E-state index contributed by atoms with van der Waals surface area (Å²) >= 11 is 0. The zero-order valence-corrected chi connectivity index (χ0v) is 16.2. The topological polar surface area (TPSA) is 73.9 Å². The van der Waals surface area contributed by atoms with Crippen LogP contribution in [0.2, 0.25) is 0 Å². The highest BCUT2D eigenvalue weighted by Crippen LogP contribution is 2.36. The molecule has 2 aliphatic rings. The first-order valence-corrected chi connectivity index (χ1v) is 10.1. The smallest absolute Gasteiger partial charge is 0.225 e. The van der Waals surface area contributed by atoms with Crippen molar-refractivity contribution in [2.45, 2.75) is 45.4 Å². The van der Waals surface area contributed by atoms with E-state index in [1.165, 1.54) is 6.42 Å². The van der Waals surface area contributed by atoms with Gasteiger partial charge in [-0.3, -0.25) is 9.89 Å². The Morgan fingerprint density at radius 3 is 2.96 bits per heavy atom. The van der Waals surface area contributed by atoms with E-state index in [-0.39, 0.29) is 5.92 Å². The number of nitrogens with zero attached hydrogens (tertiary/aromatic N) is 3. The molecule has 1 atom stereocenters. The van der Waals surface area contributed by atoms with Crippen LogP contribution in [0.3, 0.4) is 0 Å². The predicted octanol–water partition coefficient (Wildman–Crippen LogP) is 3.66. The van der Waals surface area contributed by atoms with Crippen LogP contribution < -0.4 is 5.32 Å². The van der Waals surface area contributed by atoms with E-state index < -0.39 is 0 Å². The summed E-state index contributed by atoms with van der Waals surface area (Å²) in [6, 6.07) is 4.12. The zero-order valence-electron chi connectivity index (χ0n) is 16.2. The molecule has 1 saturated carbocycles. The molecule has 1 saturated heterocycles. The first-order chi connectivity index (χ1) is 13.1. The number of aromatic nitrogens is 3. The van der Waals surface area contributed by atoms with Gasteiger partial charge in [-0.25, -0.2) is 4.98 Å². The maximum atomic E-state index is 12.6. The molecule has 1 amide bonds. The molecule has 0 bridgehead atoms. The lowest BCUT2D eigenvalue weighted by atomic mass is 9.84. The van der Waals surface area contributed by atoms with Gasteiger partial charge in [0, 0.05) is 48.9 Å². The van der Waals surface area contributed by atoms with Crippen molar-refractivity contribution in [1.82, 2.24) is 20.1 Å². The van der Waals surface area contributed by atoms with Crippen LogP contribution in [0.1, 0.15) is 51.1 Å². The standard InChI is InChI=1S/C21H29N5O/c1-14(2)11-23-19-10-16(6-8-22-19)18-12-24-25-20(18)17-7-9-26(13-17)21(27)15-4-3-5-15/h6,8,10,12,14-15,17H,3-5,7,9,11,13H2,1-2H3,(H,22,23)(H,24,25)/t17-/m0/s1. The minimum atomic E-state index is 0.278. The number of aromatic amines is 1. The number of carbonyl (C=O) groups is 1. The molecular formula is C21H29N5O. The normalized spacial score (nSPS) is 20.1. The van der Waals surface area contributed by atoms with Crippen molar-refractivity contribution < 1.29 is 4.79 Å². The van der Waals surface area contributed by atoms with E-state index in [2.05, 4.69) is 45.3 Å². The lowest BCUT2D eigenvalue weighted by Crippen LogP contribution is -2.37. The van der Waals surface area contributed by atoms with Gasteiger partial charge in [0.2, 0.25) is 5.91 Å². The molecule has 2 aromatic rings. The quantitative estimate of drug-likeness (QED) is 0.817. The summed E-state index contributed by atoms with van der Waals surface area (Å²) in [7, 11) is 0. The summed E-state index contributed by atoms with van der Waals surface area (Å²) in [6.45, 7) is 6.92. The van der Waals surface area contributed by atoms with Gasteiger partial charge in [-0.1, -0.05) is 20.3 Å². The number of likely N-dealkylation sites (tertiary alicyclic amines) is 1. The Morgan fingerprint density at radius 2 is 2.22 bits per heavy atom. The molecule has 0 spiro atoms. The second-order valence-corrected chi connectivity index (χ2v) is 8.30. The van der Waals surface area contributed by atoms with E-state index in [4.69, 9.17) is 0 Å². The van der Waals surface area contributed by atoms with Crippen molar-refractivity contribution in [1.29, 1.82) is 0 Å². The average Bonchev–Trinajstić information content (AvgIpc) is 3.27. The van der Waals surface area contributed by atoms with Crippen molar-refractivity contribution in [2.75, 3.05) is 25.0 Å². The van der Waals surface area contributed by atoms with Crippen LogP contribution in [-0.2, 0) is 4.79 Å². The number of rotatable bonds is 6. The molecule has 3 heterocycles.